The summed E-state index contributed by atoms with van der Waals surface area (Å²) in [4.78, 5) is 15.0. The molecule has 2 fully saturated rings. The Morgan fingerprint density at radius 3 is 2.77 bits per heavy atom. The van der Waals surface area contributed by atoms with E-state index < -0.39 is 0 Å². The molecule has 4 nitrogen and oxygen atoms in total. The molecular weight excluding hydrogens is 278 g/mol. The summed E-state index contributed by atoms with van der Waals surface area (Å²) in [6.07, 6.45) is 3.36. The van der Waals surface area contributed by atoms with Crippen LogP contribution in [-0.4, -0.2) is 41.7 Å². The number of hydrogen-bond acceptors (Lipinski definition) is 3. The van der Waals surface area contributed by atoms with Gasteiger partial charge in [-0.15, -0.1) is 0 Å². The lowest BCUT2D eigenvalue weighted by Gasteiger charge is -2.43. The maximum absolute atomic E-state index is 13.1. The first-order chi connectivity index (χ1) is 10.5. The van der Waals surface area contributed by atoms with Crippen LogP contribution < -0.4 is 4.74 Å². The van der Waals surface area contributed by atoms with E-state index in [4.69, 9.17) is 9.47 Å². The highest BCUT2D eigenvalue weighted by molar-refractivity contribution is 5.97. The molecule has 1 aromatic rings. The monoisotopic (exact) mass is 303 g/mol. The predicted octanol–water partition coefficient (Wildman–Crippen LogP) is 3.26. The normalized spacial score (nSPS) is 24.1. The molecule has 0 radical (unpaired) electrons. The average Bonchev–Trinajstić information content (AvgIpc) is 3.30. The van der Waals surface area contributed by atoms with Crippen LogP contribution in [0.1, 0.15) is 50.4 Å². The van der Waals surface area contributed by atoms with Crippen LogP contribution in [0.5, 0.6) is 5.75 Å². The van der Waals surface area contributed by atoms with Crippen LogP contribution in [0, 0.1) is 0 Å². The maximum Gasteiger partial charge on any atom is 0.258 e. The highest BCUT2D eigenvalue weighted by Crippen LogP contribution is 2.31. The molecule has 4 heteroatoms. The Kier molecular flexibility index (Phi) is 4.13. The van der Waals surface area contributed by atoms with Crippen molar-refractivity contribution in [1.82, 2.24) is 4.90 Å². The third kappa shape index (κ3) is 3.27. The SMILES string of the molecule is CCC1COC(C)(C)CN1C(=O)c1ccccc1OC1CC1. The number of para-hydroxylation sites is 1. The number of morpholine rings is 1. The second kappa shape index (κ2) is 5.92. The van der Waals surface area contributed by atoms with Gasteiger partial charge in [-0.05, 0) is 45.2 Å². The van der Waals surface area contributed by atoms with Gasteiger partial charge in [-0.1, -0.05) is 19.1 Å². The summed E-state index contributed by atoms with van der Waals surface area (Å²) in [7, 11) is 0. The minimum atomic E-state index is -0.298. The molecule has 1 atom stereocenters. The standard InChI is InChI=1S/C18H25NO3/c1-4-13-11-21-18(2,3)12-19(13)17(20)15-7-5-6-8-16(15)22-14-9-10-14/h5-8,13-14H,4,9-12H2,1-3H3. The van der Waals surface area contributed by atoms with Crippen molar-refractivity contribution >= 4 is 5.91 Å². The highest BCUT2D eigenvalue weighted by atomic mass is 16.5. The fourth-order valence-electron chi connectivity index (χ4n) is 2.84. The number of amides is 1. The Hall–Kier alpha value is -1.55. The van der Waals surface area contributed by atoms with E-state index in [1.54, 1.807) is 0 Å². The lowest BCUT2D eigenvalue weighted by Crippen LogP contribution is -2.56. The van der Waals surface area contributed by atoms with Crippen LogP contribution >= 0.6 is 0 Å². The zero-order chi connectivity index (χ0) is 15.7. The number of ether oxygens (including phenoxy) is 2. The van der Waals surface area contributed by atoms with Crippen LogP contribution in [0.2, 0.25) is 0 Å². The largest absolute Gasteiger partial charge is 0.490 e. The molecular formula is C18H25NO3. The molecule has 1 aromatic carbocycles. The zero-order valence-electron chi connectivity index (χ0n) is 13.7. The first-order valence-corrected chi connectivity index (χ1v) is 8.21. The van der Waals surface area contributed by atoms with E-state index in [0.29, 0.717) is 24.5 Å². The van der Waals surface area contributed by atoms with Crippen molar-refractivity contribution in [3.8, 4) is 5.75 Å². The summed E-state index contributed by atoms with van der Waals surface area (Å²) in [6, 6.07) is 7.73. The van der Waals surface area contributed by atoms with Crippen molar-refractivity contribution in [2.45, 2.75) is 57.8 Å². The lowest BCUT2D eigenvalue weighted by molar-refractivity contribution is -0.102. The molecule has 0 bridgehead atoms. The van der Waals surface area contributed by atoms with Gasteiger partial charge in [0.2, 0.25) is 0 Å². The summed E-state index contributed by atoms with van der Waals surface area (Å²) < 4.78 is 11.8. The number of nitrogens with zero attached hydrogens (tertiary/aromatic N) is 1. The predicted molar refractivity (Wildman–Crippen MR) is 85.2 cm³/mol. The van der Waals surface area contributed by atoms with E-state index in [0.717, 1.165) is 19.3 Å². The first kappa shape index (κ1) is 15.3. The summed E-state index contributed by atoms with van der Waals surface area (Å²) in [5.41, 5.74) is 0.374. The number of rotatable bonds is 4. The van der Waals surface area contributed by atoms with Gasteiger partial charge in [0.05, 0.1) is 29.9 Å². The van der Waals surface area contributed by atoms with Crippen LogP contribution in [0.25, 0.3) is 0 Å². The molecule has 1 saturated carbocycles. The van der Waals surface area contributed by atoms with Gasteiger partial charge in [0.15, 0.2) is 0 Å². The second-order valence-electron chi connectivity index (χ2n) is 6.88. The Labute approximate surface area is 132 Å². The number of hydrogen-bond donors (Lipinski definition) is 0. The summed E-state index contributed by atoms with van der Waals surface area (Å²) in [6.45, 7) is 7.37. The van der Waals surface area contributed by atoms with Crippen molar-refractivity contribution in [2.24, 2.45) is 0 Å². The Morgan fingerprint density at radius 1 is 1.36 bits per heavy atom. The number of benzene rings is 1. The molecule has 0 aromatic heterocycles. The molecule has 1 unspecified atom stereocenters. The fraction of sp³-hybridized carbons (Fsp3) is 0.611. The van der Waals surface area contributed by atoms with Gasteiger partial charge in [0.25, 0.3) is 5.91 Å². The van der Waals surface area contributed by atoms with E-state index in [1.807, 2.05) is 43.0 Å². The third-order valence-corrected chi connectivity index (χ3v) is 4.33. The Morgan fingerprint density at radius 2 is 2.09 bits per heavy atom. The minimum Gasteiger partial charge on any atom is -0.490 e. The van der Waals surface area contributed by atoms with E-state index in [1.165, 1.54) is 0 Å². The molecule has 0 N–H and O–H groups in total. The summed E-state index contributed by atoms with van der Waals surface area (Å²) >= 11 is 0. The van der Waals surface area contributed by atoms with Crippen LogP contribution in [0.3, 0.4) is 0 Å². The van der Waals surface area contributed by atoms with Crippen molar-refractivity contribution in [2.75, 3.05) is 13.2 Å². The molecule has 120 valence electrons. The second-order valence-corrected chi connectivity index (χ2v) is 6.88. The first-order valence-electron chi connectivity index (χ1n) is 8.21. The molecule has 1 saturated heterocycles. The summed E-state index contributed by atoms with van der Waals surface area (Å²) in [5.74, 6) is 0.772. The van der Waals surface area contributed by atoms with Crippen molar-refractivity contribution in [3.05, 3.63) is 29.8 Å². The molecule has 22 heavy (non-hydrogen) atoms. The van der Waals surface area contributed by atoms with E-state index in [9.17, 15) is 4.79 Å². The minimum absolute atomic E-state index is 0.0551. The van der Waals surface area contributed by atoms with Gasteiger partial charge in [-0.2, -0.15) is 0 Å². The molecule has 1 aliphatic carbocycles. The van der Waals surface area contributed by atoms with Gasteiger partial charge >= 0.3 is 0 Å². The van der Waals surface area contributed by atoms with Gasteiger partial charge in [-0.3, -0.25) is 4.79 Å². The lowest BCUT2D eigenvalue weighted by atomic mass is 10.0. The molecule has 1 amide bonds. The van der Waals surface area contributed by atoms with Crippen LogP contribution in [0.15, 0.2) is 24.3 Å². The molecule has 0 spiro atoms. The maximum atomic E-state index is 13.1. The zero-order valence-corrected chi connectivity index (χ0v) is 13.7. The van der Waals surface area contributed by atoms with Gasteiger partial charge in [0.1, 0.15) is 5.75 Å². The summed E-state index contributed by atoms with van der Waals surface area (Å²) in [5, 5.41) is 0. The smallest absolute Gasteiger partial charge is 0.258 e. The van der Waals surface area contributed by atoms with Gasteiger partial charge in [0, 0.05) is 6.54 Å². The van der Waals surface area contributed by atoms with Crippen molar-refractivity contribution in [1.29, 1.82) is 0 Å². The fourth-order valence-corrected chi connectivity index (χ4v) is 2.84. The quantitative estimate of drug-likeness (QED) is 0.857. The number of carbonyl (C=O) groups is 1. The molecule has 2 aliphatic rings. The van der Waals surface area contributed by atoms with E-state index in [2.05, 4.69) is 6.92 Å². The van der Waals surface area contributed by atoms with Crippen molar-refractivity contribution < 1.29 is 14.3 Å². The average molecular weight is 303 g/mol. The molecule has 1 aliphatic heterocycles. The third-order valence-electron chi connectivity index (χ3n) is 4.33. The Balaban J connectivity index is 1.85. The van der Waals surface area contributed by atoms with E-state index >= 15 is 0 Å². The van der Waals surface area contributed by atoms with Gasteiger partial charge < -0.3 is 14.4 Å². The highest BCUT2D eigenvalue weighted by Gasteiger charge is 2.37. The Bertz CT molecular complexity index is 551. The number of carbonyl (C=O) groups excluding carboxylic acids is 1. The van der Waals surface area contributed by atoms with E-state index in [-0.39, 0.29) is 23.7 Å². The van der Waals surface area contributed by atoms with Crippen LogP contribution in [0.4, 0.5) is 0 Å². The molecule has 3 rings (SSSR count). The topological polar surface area (TPSA) is 38.8 Å². The van der Waals surface area contributed by atoms with Crippen molar-refractivity contribution in [3.63, 3.8) is 0 Å². The molecule has 1 heterocycles. The van der Waals surface area contributed by atoms with Gasteiger partial charge in [-0.25, -0.2) is 0 Å². The van der Waals surface area contributed by atoms with Crippen LogP contribution in [-0.2, 0) is 4.74 Å².